The molecule has 0 fully saturated rings. The molecule has 0 aliphatic heterocycles. The molecule has 1 aromatic carbocycles. The molecule has 7 heteroatoms. The minimum absolute atomic E-state index is 0.216. The molecule has 2 N–H and O–H groups in total. The molecular formula is C10H7N5OS. The topological polar surface area (TPSA) is 83.6 Å². The predicted octanol–water partition coefficient (Wildman–Crippen LogP) is 1.67. The summed E-state index contributed by atoms with van der Waals surface area (Å²) in [5.41, 5.74) is 1.58. The Morgan fingerprint density at radius 2 is 2.29 bits per heavy atom. The lowest BCUT2D eigenvalue weighted by Crippen LogP contribution is -2.11. The molecule has 0 atom stereocenters. The van der Waals surface area contributed by atoms with Gasteiger partial charge in [0.2, 0.25) is 5.13 Å². The van der Waals surface area contributed by atoms with Gasteiger partial charge in [0.25, 0.3) is 5.91 Å². The van der Waals surface area contributed by atoms with E-state index in [2.05, 4.69) is 25.1 Å². The van der Waals surface area contributed by atoms with Crippen molar-refractivity contribution >= 4 is 33.5 Å². The number of benzene rings is 1. The maximum atomic E-state index is 11.9. The molecule has 2 aromatic heterocycles. The third-order valence-corrected chi connectivity index (χ3v) is 2.85. The van der Waals surface area contributed by atoms with Crippen LogP contribution in [0.25, 0.3) is 10.9 Å². The highest BCUT2D eigenvalue weighted by Gasteiger charge is 2.09. The van der Waals surface area contributed by atoms with Gasteiger partial charge in [0.05, 0.1) is 0 Å². The van der Waals surface area contributed by atoms with Gasteiger partial charge in [0.1, 0.15) is 0 Å². The molecule has 17 heavy (non-hydrogen) atoms. The van der Waals surface area contributed by atoms with E-state index in [-0.39, 0.29) is 5.91 Å². The van der Waals surface area contributed by atoms with Gasteiger partial charge in [0, 0.05) is 34.2 Å². The normalized spacial score (nSPS) is 10.6. The van der Waals surface area contributed by atoms with E-state index in [1.807, 2.05) is 24.4 Å². The molecule has 0 saturated heterocycles. The summed E-state index contributed by atoms with van der Waals surface area (Å²) >= 11 is 1.04. The van der Waals surface area contributed by atoms with Crippen LogP contribution < -0.4 is 5.32 Å². The average molecular weight is 245 g/mol. The number of carbonyl (C=O) groups excluding carboxylic acids is 1. The zero-order valence-corrected chi connectivity index (χ0v) is 9.36. The van der Waals surface area contributed by atoms with Gasteiger partial charge < -0.3 is 4.98 Å². The highest BCUT2D eigenvalue weighted by Crippen LogP contribution is 2.15. The third kappa shape index (κ3) is 1.87. The number of hydrogen-bond donors (Lipinski definition) is 2. The summed E-state index contributed by atoms with van der Waals surface area (Å²) in [5.74, 6) is -0.216. The first kappa shape index (κ1) is 9.91. The summed E-state index contributed by atoms with van der Waals surface area (Å²) in [6, 6.07) is 7.35. The summed E-state index contributed by atoms with van der Waals surface area (Å²) in [6.45, 7) is 0. The van der Waals surface area contributed by atoms with E-state index in [0.29, 0.717) is 10.7 Å². The molecular weight excluding hydrogens is 238 g/mol. The Bertz CT molecular complexity index is 660. The second-order valence-corrected chi connectivity index (χ2v) is 4.13. The predicted molar refractivity (Wildman–Crippen MR) is 64.0 cm³/mol. The van der Waals surface area contributed by atoms with Gasteiger partial charge in [-0.05, 0) is 29.5 Å². The SMILES string of the molecule is O=C(Nc1nnns1)c1ccc2[nH]ccc2c1. The number of nitrogens with zero attached hydrogens (tertiary/aromatic N) is 3. The van der Waals surface area contributed by atoms with Crippen molar-refractivity contribution in [1.82, 2.24) is 19.8 Å². The van der Waals surface area contributed by atoms with E-state index >= 15 is 0 Å². The van der Waals surface area contributed by atoms with Crippen molar-refractivity contribution < 1.29 is 4.79 Å². The second-order valence-electron chi connectivity index (χ2n) is 3.40. The number of nitrogens with one attached hydrogen (secondary N) is 2. The van der Waals surface area contributed by atoms with E-state index in [1.54, 1.807) is 6.07 Å². The Labute approximate surface area is 99.8 Å². The number of hydrogen-bond acceptors (Lipinski definition) is 5. The Kier molecular flexibility index (Phi) is 2.30. The number of amides is 1. The van der Waals surface area contributed by atoms with Gasteiger partial charge >= 0.3 is 0 Å². The number of aromatic nitrogens is 4. The monoisotopic (exact) mass is 245 g/mol. The molecule has 0 bridgehead atoms. The van der Waals surface area contributed by atoms with Crippen molar-refractivity contribution in [1.29, 1.82) is 0 Å². The van der Waals surface area contributed by atoms with E-state index in [0.717, 1.165) is 22.4 Å². The Morgan fingerprint density at radius 3 is 3.12 bits per heavy atom. The quantitative estimate of drug-likeness (QED) is 0.719. The highest BCUT2D eigenvalue weighted by atomic mass is 32.1. The van der Waals surface area contributed by atoms with Crippen LogP contribution in [-0.2, 0) is 0 Å². The van der Waals surface area contributed by atoms with Crippen LogP contribution in [0.4, 0.5) is 5.13 Å². The van der Waals surface area contributed by atoms with Gasteiger partial charge in [0.15, 0.2) is 0 Å². The molecule has 84 valence electrons. The van der Waals surface area contributed by atoms with E-state index in [4.69, 9.17) is 0 Å². The molecule has 3 aromatic rings. The molecule has 0 aliphatic carbocycles. The van der Waals surface area contributed by atoms with Crippen LogP contribution in [0, 0.1) is 0 Å². The van der Waals surface area contributed by atoms with E-state index in [1.165, 1.54) is 0 Å². The Hall–Kier alpha value is -2.28. The summed E-state index contributed by atoms with van der Waals surface area (Å²) < 4.78 is 3.57. The molecule has 3 rings (SSSR count). The van der Waals surface area contributed by atoms with Gasteiger partial charge in [-0.3, -0.25) is 10.1 Å². The summed E-state index contributed by atoms with van der Waals surface area (Å²) in [5, 5.41) is 11.1. The van der Waals surface area contributed by atoms with Gasteiger partial charge in [-0.2, -0.15) is 0 Å². The largest absolute Gasteiger partial charge is 0.361 e. The van der Waals surface area contributed by atoms with Crippen LogP contribution in [0.2, 0.25) is 0 Å². The highest BCUT2D eigenvalue weighted by molar-refractivity contribution is 7.09. The minimum atomic E-state index is -0.216. The zero-order valence-electron chi connectivity index (χ0n) is 8.54. The Morgan fingerprint density at radius 1 is 1.35 bits per heavy atom. The number of carbonyl (C=O) groups is 1. The molecule has 0 radical (unpaired) electrons. The number of H-pyrrole nitrogens is 1. The van der Waals surface area contributed by atoms with Crippen LogP contribution in [0.15, 0.2) is 30.5 Å². The zero-order chi connectivity index (χ0) is 11.7. The fourth-order valence-electron chi connectivity index (χ4n) is 1.55. The summed E-state index contributed by atoms with van der Waals surface area (Å²) in [6.07, 6.45) is 1.83. The number of rotatable bonds is 2. The third-order valence-electron chi connectivity index (χ3n) is 2.34. The molecule has 1 amide bonds. The first-order valence-electron chi connectivity index (χ1n) is 4.86. The lowest BCUT2D eigenvalue weighted by atomic mass is 10.1. The maximum absolute atomic E-state index is 11.9. The number of aromatic amines is 1. The van der Waals surface area contributed by atoms with Crippen molar-refractivity contribution in [2.45, 2.75) is 0 Å². The average Bonchev–Trinajstić information content (AvgIpc) is 2.97. The first-order chi connectivity index (χ1) is 8.33. The second kappa shape index (κ2) is 3.95. The van der Waals surface area contributed by atoms with Crippen molar-refractivity contribution in [3.8, 4) is 0 Å². The number of fused-ring (bicyclic) bond motifs is 1. The maximum Gasteiger partial charge on any atom is 0.257 e. The molecule has 0 aliphatic rings. The van der Waals surface area contributed by atoms with Crippen molar-refractivity contribution in [2.24, 2.45) is 0 Å². The van der Waals surface area contributed by atoms with Crippen LogP contribution in [0.1, 0.15) is 10.4 Å². The van der Waals surface area contributed by atoms with Crippen molar-refractivity contribution in [2.75, 3.05) is 5.32 Å². The number of anilines is 1. The van der Waals surface area contributed by atoms with Crippen LogP contribution in [-0.4, -0.2) is 25.7 Å². The van der Waals surface area contributed by atoms with E-state index < -0.39 is 0 Å². The van der Waals surface area contributed by atoms with Crippen molar-refractivity contribution in [3.63, 3.8) is 0 Å². The molecule has 6 nitrogen and oxygen atoms in total. The van der Waals surface area contributed by atoms with Gasteiger partial charge in [-0.15, -0.1) is 0 Å². The standard InChI is InChI=1S/C10H7N5OS/c16-9(12-10-13-14-15-17-10)7-1-2-8-6(5-7)3-4-11-8/h1-5,11H,(H,12,13,15,16). The summed E-state index contributed by atoms with van der Waals surface area (Å²) in [4.78, 5) is 14.9. The van der Waals surface area contributed by atoms with Gasteiger partial charge in [-0.1, -0.05) is 9.59 Å². The minimum Gasteiger partial charge on any atom is -0.361 e. The smallest absolute Gasteiger partial charge is 0.257 e. The van der Waals surface area contributed by atoms with Crippen LogP contribution in [0.3, 0.4) is 0 Å². The van der Waals surface area contributed by atoms with Crippen LogP contribution >= 0.6 is 11.5 Å². The fourth-order valence-corrected chi connectivity index (χ4v) is 1.91. The fraction of sp³-hybridized carbons (Fsp3) is 0. The molecule has 0 unspecified atom stereocenters. The first-order valence-corrected chi connectivity index (χ1v) is 5.64. The lowest BCUT2D eigenvalue weighted by molar-refractivity contribution is 0.102. The molecule has 0 saturated carbocycles. The van der Waals surface area contributed by atoms with E-state index in [9.17, 15) is 4.79 Å². The summed E-state index contributed by atoms with van der Waals surface area (Å²) in [7, 11) is 0. The van der Waals surface area contributed by atoms with Gasteiger partial charge in [-0.25, -0.2) is 0 Å². The van der Waals surface area contributed by atoms with Crippen molar-refractivity contribution in [3.05, 3.63) is 36.0 Å². The molecule has 0 spiro atoms. The lowest BCUT2D eigenvalue weighted by Gasteiger charge is -2.00. The Balaban J connectivity index is 1.90. The van der Waals surface area contributed by atoms with Crippen LogP contribution in [0.5, 0.6) is 0 Å². The molecule has 2 heterocycles.